The number of aromatic nitrogens is 3. The van der Waals surface area contributed by atoms with Crippen LogP contribution in [-0.2, 0) is 0 Å². The lowest BCUT2D eigenvalue weighted by Gasteiger charge is -2.44. The highest BCUT2D eigenvalue weighted by atomic mass is 28.3. The number of phenolic OH excluding ortho intramolecular Hbond substituents is 1. The van der Waals surface area contributed by atoms with Gasteiger partial charge in [-0.15, -0.1) is 15.0 Å². The van der Waals surface area contributed by atoms with Crippen LogP contribution in [-0.4, -0.2) is 28.2 Å². The van der Waals surface area contributed by atoms with E-state index >= 15 is 0 Å². The lowest BCUT2D eigenvalue weighted by molar-refractivity contribution is 0.470. The molecule has 1 aromatic heterocycles. The molecule has 0 atom stereocenters. The molecule has 1 heterocycles. The first kappa shape index (κ1) is 19.6. The normalized spacial score (nSPS) is 12.7. The zero-order valence-corrected chi connectivity index (χ0v) is 18.5. The number of benzene rings is 2. The molecule has 0 bridgehead atoms. The van der Waals surface area contributed by atoms with Crippen molar-refractivity contribution in [3.63, 3.8) is 0 Å². The molecule has 3 aromatic rings. The number of nitrogens with zero attached hydrogens (tertiary/aromatic N) is 3. The molecular formula is C22H31N3OSi. The minimum Gasteiger partial charge on any atom is -0.506 e. The van der Waals surface area contributed by atoms with E-state index in [4.69, 9.17) is 0 Å². The van der Waals surface area contributed by atoms with E-state index in [1.807, 2.05) is 30.3 Å². The summed E-state index contributed by atoms with van der Waals surface area (Å²) in [6, 6.07) is 12.0. The van der Waals surface area contributed by atoms with Crippen molar-refractivity contribution in [3.05, 3.63) is 42.0 Å². The van der Waals surface area contributed by atoms with Gasteiger partial charge in [0, 0.05) is 0 Å². The molecule has 2 aromatic carbocycles. The van der Waals surface area contributed by atoms with E-state index in [0.29, 0.717) is 28.1 Å². The molecule has 0 radical (unpaired) electrons. The van der Waals surface area contributed by atoms with Crippen LogP contribution >= 0.6 is 0 Å². The van der Waals surface area contributed by atoms with Crippen molar-refractivity contribution in [1.29, 1.82) is 0 Å². The SMILES string of the molecule is Cc1cc(-n2nc3ccccc3n2)c(O)c([Si](C(C)C)(C(C)C)C(C)C)c1. The number of hydrogen-bond acceptors (Lipinski definition) is 3. The van der Waals surface area contributed by atoms with Gasteiger partial charge < -0.3 is 5.11 Å². The monoisotopic (exact) mass is 381 g/mol. The summed E-state index contributed by atoms with van der Waals surface area (Å²) >= 11 is 0. The molecule has 27 heavy (non-hydrogen) atoms. The van der Waals surface area contributed by atoms with Crippen LogP contribution < -0.4 is 5.19 Å². The van der Waals surface area contributed by atoms with Crippen molar-refractivity contribution in [2.45, 2.75) is 65.1 Å². The van der Waals surface area contributed by atoms with Crippen LogP contribution in [0.1, 0.15) is 47.1 Å². The summed E-state index contributed by atoms with van der Waals surface area (Å²) in [6.07, 6.45) is 0. The standard InChI is InChI=1S/C22H31N3OSi/c1-14(2)27(15(3)4,16(5)6)21-13-17(7)12-20(22(21)26)25-23-18-10-8-9-11-19(18)24-25/h8-16,26H,1-7H3. The third kappa shape index (κ3) is 3.08. The molecule has 4 nitrogen and oxygen atoms in total. The second-order valence-corrected chi connectivity index (χ2v) is 14.4. The largest absolute Gasteiger partial charge is 0.506 e. The Kier molecular flexibility index (Phi) is 5.17. The average Bonchev–Trinajstić information content (AvgIpc) is 3.01. The van der Waals surface area contributed by atoms with Gasteiger partial charge >= 0.3 is 0 Å². The number of rotatable bonds is 5. The van der Waals surface area contributed by atoms with Crippen LogP contribution in [0.15, 0.2) is 36.4 Å². The molecule has 5 heteroatoms. The number of aromatic hydroxyl groups is 1. The lowest BCUT2D eigenvalue weighted by atomic mass is 10.2. The van der Waals surface area contributed by atoms with E-state index < -0.39 is 8.07 Å². The van der Waals surface area contributed by atoms with Crippen LogP contribution in [0.4, 0.5) is 0 Å². The van der Waals surface area contributed by atoms with Gasteiger partial charge in [0.15, 0.2) is 0 Å². The van der Waals surface area contributed by atoms with Gasteiger partial charge in [0.05, 0.1) is 8.07 Å². The Hall–Kier alpha value is -2.14. The van der Waals surface area contributed by atoms with Crippen molar-refractivity contribution in [1.82, 2.24) is 15.0 Å². The Bertz CT molecular complexity index is 905. The van der Waals surface area contributed by atoms with Crippen LogP contribution in [0.2, 0.25) is 16.6 Å². The molecule has 0 amide bonds. The average molecular weight is 382 g/mol. The summed E-state index contributed by atoms with van der Waals surface area (Å²) in [5.41, 5.74) is 5.03. The summed E-state index contributed by atoms with van der Waals surface area (Å²) in [7, 11) is -2.00. The first-order valence-corrected chi connectivity index (χ1v) is 12.1. The molecule has 0 spiro atoms. The molecule has 1 N–H and O–H groups in total. The van der Waals surface area contributed by atoms with Crippen LogP contribution in [0.25, 0.3) is 16.7 Å². The van der Waals surface area contributed by atoms with Crippen LogP contribution in [0.5, 0.6) is 5.75 Å². The molecule has 3 rings (SSSR count). The van der Waals surface area contributed by atoms with E-state index in [1.165, 1.54) is 0 Å². The highest BCUT2D eigenvalue weighted by molar-refractivity contribution is 6.95. The van der Waals surface area contributed by atoms with Crippen LogP contribution in [0.3, 0.4) is 0 Å². The minimum absolute atomic E-state index is 0.351. The van der Waals surface area contributed by atoms with Gasteiger partial charge in [-0.1, -0.05) is 59.7 Å². The van der Waals surface area contributed by atoms with Gasteiger partial charge in [0.2, 0.25) is 0 Å². The van der Waals surface area contributed by atoms with Crippen molar-refractivity contribution in [3.8, 4) is 11.4 Å². The lowest BCUT2D eigenvalue weighted by Crippen LogP contribution is -2.55. The fourth-order valence-electron chi connectivity index (χ4n) is 5.14. The van der Waals surface area contributed by atoms with Crippen LogP contribution in [0, 0.1) is 6.92 Å². The first-order valence-electron chi connectivity index (χ1n) is 9.86. The fourth-order valence-corrected chi connectivity index (χ4v) is 12.0. The van der Waals surface area contributed by atoms with E-state index in [-0.39, 0.29) is 0 Å². The molecule has 0 aliphatic rings. The van der Waals surface area contributed by atoms with Gasteiger partial charge in [-0.3, -0.25) is 0 Å². The van der Waals surface area contributed by atoms with Crippen molar-refractivity contribution >= 4 is 24.3 Å². The summed E-state index contributed by atoms with van der Waals surface area (Å²) in [4.78, 5) is 1.59. The highest BCUT2D eigenvalue weighted by Crippen LogP contribution is 2.43. The molecule has 0 aliphatic heterocycles. The first-order chi connectivity index (χ1) is 12.7. The zero-order chi connectivity index (χ0) is 19.9. The summed E-state index contributed by atoms with van der Waals surface area (Å²) in [5, 5.41) is 21.8. The van der Waals surface area contributed by atoms with E-state index in [2.05, 4.69) is 64.7 Å². The number of hydrogen-bond donors (Lipinski definition) is 1. The minimum atomic E-state index is -2.00. The Morgan fingerprint density at radius 2 is 1.33 bits per heavy atom. The molecule has 144 valence electrons. The Balaban J connectivity index is 2.30. The number of fused-ring (bicyclic) bond motifs is 1. The maximum absolute atomic E-state index is 11.4. The zero-order valence-electron chi connectivity index (χ0n) is 17.5. The van der Waals surface area contributed by atoms with E-state index in [0.717, 1.165) is 21.8 Å². The van der Waals surface area contributed by atoms with Gasteiger partial charge in [-0.2, -0.15) is 0 Å². The molecule has 0 aliphatic carbocycles. The highest BCUT2D eigenvalue weighted by Gasteiger charge is 2.46. The molecular weight excluding hydrogens is 350 g/mol. The molecule has 0 saturated heterocycles. The quantitative estimate of drug-likeness (QED) is 0.609. The second-order valence-electron chi connectivity index (χ2n) is 8.56. The smallest absolute Gasteiger partial charge is 0.142 e. The van der Waals surface area contributed by atoms with Gasteiger partial charge in [0.25, 0.3) is 0 Å². The summed E-state index contributed by atoms with van der Waals surface area (Å²) < 4.78 is 0. The summed E-state index contributed by atoms with van der Waals surface area (Å²) in [6.45, 7) is 16.0. The van der Waals surface area contributed by atoms with Gasteiger partial charge in [0.1, 0.15) is 22.5 Å². The van der Waals surface area contributed by atoms with Gasteiger partial charge in [-0.05, 0) is 52.5 Å². The Morgan fingerprint density at radius 1 is 0.852 bits per heavy atom. The molecule has 0 saturated carbocycles. The maximum Gasteiger partial charge on any atom is 0.142 e. The van der Waals surface area contributed by atoms with Crippen molar-refractivity contribution < 1.29 is 5.11 Å². The Morgan fingerprint density at radius 3 is 1.78 bits per heavy atom. The fraction of sp³-hybridized carbons (Fsp3) is 0.455. The number of phenols is 1. The van der Waals surface area contributed by atoms with E-state index in [9.17, 15) is 5.11 Å². The molecule has 0 fully saturated rings. The topological polar surface area (TPSA) is 50.9 Å². The van der Waals surface area contributed by atoms with Gasteiger partial charge in [-0.25, -0.2) is 0 Å². The van der Waals surface area contributed by atoms with Crippen molar-refractivity contribution in [2.24, 2.45) is 0 Å². The van der Waals surface area contributed by atoms with Crippen molar-refractivity contribution in [2.75, 3.05) is 0 Å². The maximum atomic E-state index is 11.4. The molecule has 0 unspecified atom stereocenters. The third-order valence-electron chi connectivity index (χ3n) is 6.07. The third-order valence-corrected chi connectivity index (χ3v) is 13.1. The predicted molar refractivity (Wildman–Crippen MR) is 116 cm³/mol. The Labute approximate surface area is 163 Å². The van der Waals surface area contributed by atoms with E-state index in [1.54, 1.807) is 4.80 Å². The second kappa shape index (κ2) is 7.11. The summed E-state index contributed by atoms with van der Waals surface area (Å²) in [5.74, 6) is 0.351. The predicted octanol–water partition coefficient (Wildman–Crippen LogP) is 5.32. The number of aryl methyl sites for hydroxylation is 1.